The van der Waals surface area contributed by atoms with Gasteiger partial charge in [-0.15, -0.1) is 0 Å². The second-order valence-corrected chi connectivity index (χ2v) is 7.92. The van der Waals surface area contributed by atoms with Gasteiger partial charge in [0.05, 0.1) is 17.6 Å². The number of methoxy groups -OCH3 is 1. The van der Waals surface area contributed by atoms with Crippen molar-refractivity contribution in [3.63, 3.8) is 0 Å². The van der Waals surface area contributed by atoms with E-state index >= 15 is 0 Å². The van der Waals surface area contributed by atoms with Crippen LogP contribution in [0.2, 0.25) is 0 Å². The van der Waals surface area contributed by atoms with Crippen molar-refractivity contribution in [3.8, 4) is 0 Å². The van der Waals surface area contributed by atoms with Gasteiger partial charge in [-0.2, -0.15) is 0 Å². The molecule has 0 aromatic heterocycles. The standard InChI is InChI=1S/C19H20N2O5S/c1-26-19(23)15-6-4-14(5-7-15)13-20-27(24,25)17-10-8-16(9-11-17)21-12-2-3-18(21)22/h4-11,20H,2-3,12-13H2,1H3. The summed E-state index contributed by atoms with van der Waals surface area (Å²) in [4.78, 5) is 25.0. The number of hydrogen-bond acceptors (Lipinski definition) is 5. The molecule has 0 bridgehead atoms. The summed E-state index contributed by atoms with van der Waals surface area (Å²) in [6, 6.07) is 12.8. The number of benzene rings is 2. The Morgan fingerprint density at radius 3 is 2.33 bits per heavy atom. The summed E-state index contributed by atoms with van der Waals surface area (Å²) in [6.45, 7) is 0.751. The van der Waals surface area contributed by atoms with Crippen molar-refractivity contribution < 1.29 is 22.7 Å². The maximum Gasteiger partial charge on any atom is 0.337 e. The van der Waals surface area contributed by atoms with Crippen LogP contribution in [-0.2, 0) is 26.1 Å². The first kappa shape index (κ1) is 19.1. The van der Waals surface area contributed by atoms with Gasteiger partial charge in [-0.1, -0.05) is 12.1 Å². The third kappa shape index (κ3) is 4.35. The Labute approximate surface area is 158 Å². The quantitative estimate of drug-likeness (QED) is 0.765. The van der Waals surface area contributed by atoms with Crippen LogP contribution in [-0.4, -0.2) is 33.9 Å². The van der Waals surface area contributed by atoms with Crippen molar-refractivity contribution in [2.75, 3.05) is 18.6 Å². The van der Waals surface area contributed by atoms with Gasteiger partial charge >= 0.3 is 5.97 Å². The Morgan fingerprint density at radius 1 is 1.11 bits per heavy atom. The second-order valence-electron chi connectivity index (χ2n) is 6.16. The number of nitrogens with one attached hydrogen (secondary N) is 1. The van der Waals surface area contributed by atoms with E-state index in [1.807, 2.05) is 0 Å². The first-order valence-corrected chi connectivity index (χ1v) is 9.96. The molecule has 3 rings (SSSR count). The van der Waals surface area contributed by atoms with Crippen LogP contribution < -0.4 is 9.62 Å². The van der Waals surface area contributed by atoms with Crippen molar-refractivity contribution in [1.29, 1.82) is 0 Å². The van der Waals surface area contributed by atoms with Crippen LogP contribution in [0.25, 0.3) is 0 Å². The Kier molecular flexibility index (Phi) is 5.57. The molecule has 1 amide bonds. The first-order valence-electron chi connectivity index (χ1n) is 8.48. The Hall–Kier alpha value is -2.71. The number of carbonyl (C=O) groups excluding carboxylic acids is 2. The summed E-state index contributed by atoms with van der Waals surface area (Å²) in [5.74, 6) is -0.391. The molecule has 1 heterocycles. The fourth-order valence-corrected chi connectivity index (χ4v) is 3.88. The summed E-state index contributed by atoms with van der Waals surface area (Å²) < 4.78 is 32.1. The number of anilines is 1. The zero-order chi connectivity index (χ0) is 19.4. The molecule has 7 nitrogen and oxygen atoms in total. The number of amides is 1. The van der Waals surface area contributed by atoms with E-state index in [1.54, 1.807) is 41.3 Å². The summed E-state index contributed by atoms with van der Waals surface area (Å²) in [6.07, 6.45) is 1.34. The minimum absolute atomic E-state index is 0.0548. The highest BCUT2D eigenvalue weighted by Gasteiger charge is 2.22. The monoisotopic (exact) mass is 388 g/mol. The third-order valence-electron chi connectivity index (χ3n) is 4.37. The van der Waals surface area contributed by atoms with E-state index in [9.17, 15) is 18.0 Å². The third-order valence-corrected chi connectivity index (χ3v) is 5.79. The lowest BCUT2D eigenvalue weighted by atomic mass is 10.1. The zero-order valence-electron chi connectivity index (χ0n) is 14.8. The Bertz CT molecular complexity index is 937. The minimum atomic E-state index is -3.69. The van der Waals surface area contributed by atoms with E-state index in [-0.39, 0.29) is 17.3 Å². The van der Waals surface area contributed by atoms with Crippen molar-refractivity contribution in [1.82, 2.24) is 4.72 Å². The summed E-state index contributed by atoms with van der Waals surface area (Å²) in [5, 5.41) is 0. The SMILES string of the molecule is COC(=O)c1ccc(CNS(=O)(=O)c2ccc(N3CCCC3=O)cc2)cc1. The molecule has 1 saturated heterocycles. The highest BCUT2D eigenvalue weighted by Crippen LogP contribution is 2.23. The van der Waals surface area contributed by atoms with Gasteiger partial charge in [0.25, 0.3) is 0 Å². The average molecular weight is 388 g/mol. The lowest BCUT2D eigenvalue weighted by Crippen LogP contribution is -2.25. The first-order chi connectivity index (χ1) is 12.9. The molecule has 142 valence electrons. The van der Waals surface area contributed by atoms with Gasteiger partial charge in [-0.05, 0) is 48.4 Å². The van der Waals surface area contributed by atoms with Crippen LogP contribution in [0.4, 0.5) is 5.69 Å². The molecule has 0 saturated carbocycles. The lowest BCUT2D eigenvalue weighted by Gasteiger charge is -2.16. The van der Waals surface area contributed by atoms with E-state index < -0.39 is 16.0 Å². The van der Waals surface area contributed by atoms with Gasteiger partial charge in [-0.25, -0.2) is 17.9 Å². The second kappa shape index (κ2) is 7.89. The zero-order valence-corrected chi connectivity index (χ0v) is 15.7. The van der Waals surface area contributed by atoms with E-state index in [1.165, 1.54) is 19.2 Å². The summed E-state index contributed by atoms with van der Waals surface area (Å²) >= 11 is 0. The van der Waals surface area contributed by atoms with E-state index in [0.29, 0.717) is 29.8 Å². The molecule has 0 unspecified atom stereocenters. The van der Waals surface area contributed by atoms with Gasteiger partial charge in [0.2, 0.25) is 15.9 Å². The van der Waals surface area contributed by atoms with Crippen LogP contribution in [0.1, 0.15) is 28.8 Å². The van der Waals surface area contributed by atoms with Gasteiger partial charge in [-0.3, -0.25) is 4.79 Å². The predicted molar refractivity (Wildman–Crippen MR) is 99.8 cm³/mol. The Morgan fingerprint density at radius 2 is 1.78 bits per heavy atom. The van der Waals surface area contributed by atoms with Crippen molar-refractivity contribution in [3.05, 3.63) is 59.7 Å². The van der Waals surface area contributed by atoms with Crippen LogP contribution >= 0.6 is 0 Å². The van der Waals surface area contributed by atoms with Crippen LogP contribution in [0, 0.1) is 0 Å². The summed E-state index contributed by atoms with van der Waals surface area (Å²) in [5.41, 5.74) is 1.82. The number of sulfonamides is 1. The molecule has 2 aromatic carbocycles. The molecule has 0 radical (unpaired) electrons. The van der Waals surface area contributed by atoms with Crippen LogP contribution in [0.3, 0.4) is 0 Å². The van der Waals surface area contributed by atoms with Gasteiger partial charge < -0.3 is 9.64 Å². The molecular formula is C19H20N2O5S. The normalized spacial score (nSPS) is 14.4. The van der Waals surface area contributed by atoms with Crippen LogP contribution in [0.5, 0.6) is 0 Å². The van der Waals surface area contributed by atoms with Gasteiger partial charge in [0, 0.05) is 25.2 Å². The molecule has 2 aromatic rings. The molecule has 1 aliphatic rings. The number of hydrogen-bond donors (Lipinski definition) is 1. The largest absolute Gasteiger partial charge is 0.465 e. The lowest BCUT2D eigenvalue weighted by molar-refractivity contribution is -0.117. The molecule has 1 aliphatic heterocycles. The number of esters is 1. The predicted octanol–water partition coefficient (Wildman–Crippen LogP) is 2.08. The number of carbonyl (C=O) groups is 2. The highest BCUT2D eigenvalue weighted by atomic mass is 32.2. The average Bonchev–Trinajstić information content (AvgIpc) is 3.12. The highest BCUT2D eigenvalue weighted by molar-refractivity contribution is 7.89. The maximum absolute atomic E-state index is 12.5. The number of rotatable bonds is 6. The van der Waals surface area contributed by atoms with Crippen molar-refractivity contribution in [2.24, 2.45) is 0 Å². The maximum atomic E-state index is 12.5. The van der Waals surface area contributed by atoms with E-state index in [0.717, 1.165) is 6.42 Å². The fraction of sp³-hybridized carbons (Fsp3) is 0.263. The molecule has 0 aliphatic carbocycles. The summed E-state index contributed by atoms with van der Waals surface area (Å²) in [7, 11) is -2.39. The molecule has 1 N–H and O–H groups in total. The van der Waals surface area contributed by atoms with Crippen molar-refractivity contribution >= 4 is 27.6 Å². The smallest absolute Gasteiger partial charge is 0.337 e. The molecule has 0 atom stereocenters. The molecule has 8 heteroatoms. The van der Waals surface area contributed by atoms with E-state index in [2.05, 4.69) is 9.46 Å². The molecular weight excluding hydrogens is 368 g/mol. The minimum Gasteiger partial charge on any atom is -0.465 e. The van der Waals surface area contributed by atoms with Gasteiger partial charge in [0.1, 0.15) is 0 Å². The fourth-order valence-electron chi connectivity index (χ4n) is 2.86. The Balaban J connectivity index is 1.66. The van der Waals surface area contributed by atoms with Crippen molar-refractivity contribution in [2.45, 2.75) is 24.3 Å². The van der Waals surface area contributed by atoms with Crippen LogP contribution in [0.15, 0.2) is 53.4 Å². The van der Waals surface area contributed by atoms with E-state index in [4.69, 9.17) is 0 Å². The molecule has 27 heavy (non-hydrogen) atoms. The number of ether oxygens (including phenoxy) is 1. The molecule has 0 spiro atoms. The molecule has 1 fully saturated rings. The number of nitrogens with zero attached hydrogens (tertiary/aromatic N) is 1. The topological polar surface area (TPSA) is 92.8 Å². The van der Waals surface area contributed by atoms with Gasteiger partial charge in [0.15, 0.2) is 0 Å².